The van der Waals surface area contributed by atoms with Crippen LogP contribution in [0.2, 0.25) is 0 Å². The van der Waals surface area contributed by atoms with Gasteiger partial charge >= 0.3 is 6.03 Å². The van der Waals surface area contributed by atoms with Crippen LogP contribution >= 0.6 is 0 Å². The van der Waals surface area contributed by atoms with E-state index in [1.807, 2.05) is 6.07 Å². The third kappa shape index (κ3) is 3.63. The zero-order valence-electron chi connectivity index (χ0n) is 12.5. The predicted octanol–water partition coefficient (Wildman–Crippen LogP) is 1.78. The summed E-state index contributed by atoms with van der Waals surface area (Å²) in [5, 5.41) is 5.86. The van der Waals surface area contributed by atoms with Crippen LogP contribution in [0.1, 0.15) is 43.0 Å². The summed E-state index contributed by atoms with van der Waals surface area (Å²) in [6.45, 7) is 0.534. The summed E-state index contributed by atoms with van der Waals surface area (Å²) < 4.78 is 28.2. The van der Waals surface area contributed by atoms with Crippen LogP contribution in [0, 0.1) is 5.92 Å². The number of sulfone groups is 1. The average Bonchev–Trinajstić information content (AvgIpc) is 2.96. The Balaban J connectivity index is 1.46. The Kier molecular flexibility index (Phi) is 4.42. The number of rotatable bonds is 3. The third-order valence-electron chi connectivity index (χ3n) is 4.58. The van der Waals surface area contributed by atoms with E-state index in [4.69, 9.17) is 4.42 Å². The summed E-state index contributed by atoms with van der Waals surface area (Å²) in [5.41, 5.74) is 1.07. The molecule has 7 heteroatoms. The van der Waals surface area contributed by atoms with Crippen molar-refractivity contribution in [1.29, 1.82) is 0 Å². The first-order valence-corrected chi connectivity index (χ1v) is 9.67. The molecule has 1 aliphatic heterocycles. The van der Waals surface area contributed by atoms with Gasteiger partial charge in [-0.05, 0) is 37.7 Å². The molecule has 0 saturated carbocycles. The minimum Gasteiger partial charge on any atom is -0.469 e. The average molecular weight is 326 g/mol. The van der Waals surface area contributed by atoms with Crippen molar-refractivity contribution in [2.45, 2.75) is 38.1 Å². The molecule has 1 aromatic heterocycles. The number of nitrogens with one attached hydrogen (secondary N) is 2. The molecule has 1 fully saturated rings. The number of hydrogen-bond donors (Lipinski definition) is 2. The molecule has 1 aromatic rings. The molecule has 122 valence electrons. The number of hydrogen-bond acceptors (Lipinski definition) is 4. The van der Waals surface area contributed by atoms with Crippen LogP contribution in [-0.4, -0.2) is 32.5 Å². The predicted molar refractivity (Wildman–Crippen MR) is 82.3 cm³/mol. The van der Waals surface area contributed by atoms with Crippen molar-refractivity contribution in [1.82, 2.24) is 10.6 Å². The largest absolute Gasteiger partial charge is 0.469 e. The van der Waals surface area contributed by atoms with Crippen molar-refractivity contribution < 1.29 is 17.6 Å². The normalized spacial score (nSPS) is 24.5. The van der Waals surface area contributed by atoms with Crippen LogP contribution in [0.25, 0.3) is 0 Å². The second kappa shape index (κ2) is 6.32. The molecule has 1 unspecified atom stereocenters. The van der Waals surface area contributed by atoms with Gasteiger partial charge in [0, 0.05) is 18.5 Å². The molecule has 22 heavy (non-hydrogen) atoms. The smallest absolute Gasteiger partial charge is 0.315 e. The molecule has 0 bridgehead atoms. The van der Waals surface area contributed by atoms with Gasteiger partial charge in [0.25, 0.3) is 0 Å². The fourth-order valence-corrected chi connectivity index (χ4v) is 4.81. The first-order chi connectivity index (χ1) is 10.5. The molecule has 6 nitrogen and oxygen atoms in total. The number of furan rings is 1. The van der Waals surface area contributed by atoms with Gasteiger partial charge in [0.15, 0.2) is 0 Å². The fraction of sp³-hybridized carbons (Fsp3) is 0.667. The molecule has 2 N–H and O–H groups in total. The van der Waals surface area contributed by atoms with E-state index < -0.39 is 9.84 Å². The summed E-state index contributed by atoms with van der Waals surface area (Å²) in [6, 6.07) is 1.74. The van der Waals surface area contributed by atoms with E-state index in [0.29, 0.717) is 19.4 Å². The maximum atomic E-state index is 12.0. The molecule has 0 aromatic carbocycles. The van der Waals surface area contributed by atoms with E-state index in [1.54, 1.807) is 6.26 Å². The number of carbonyl (C=O) groups excluding carboxylic acids is 1. The molecule has 2 aliphatic rings. The van der Waals surface area contributed by atoms with Crippen molar-refractivity contribution in [3.8, 4) is 0 Å². The van der Waals surface area contributed by atoms with E-state index in [2.05, 4.69) is 10.6 Å². The zero-order valence-corrected chi connectivity index (χ0v) is 13.3. The molecule has 0 radical (unpaired) electrons. The van der Waals surface area contributed by atoms with Crippen LogP contribution in [0.3, 0.4) is 0 Å². The van der Waals surface area contributed by atoms with Crippen molar-refractivity contribution in [3.63, 3.8) is 0 Å². The topological polar surface area (TPSA) is 88.4 Å². The number of urea groups is 1. The van der Waals surface area contributed by atoms with Crippen LogP contribution in [-0.2, 0) is 16.3 Å². The lowest BCUT2D eigenvalue weighted by Gasteiger charge is -2.25. The highest BCUT2D eigenvalue weighted by atomic mass is 32.2. The molecule has 1 aliphatic carbocycles. The summed E-state index contributed by atoms with van der Waals surface area (Å²) >= 11 is 0. The molecule has 0 spiro atoms. The third-order valence-corrected chi connectivity index (χ3v) is 6.30. The van der Waals surface area contributed by atoms with Gasteiger partial charge in [0.2, 0.25) is 0 Å². The molecule has 2 amide bonds. The number of carbonyl (C=O) groups is 1. The summed E-state index contributed by atoms with van der Waals surface area (Å²) in [7, 11) is -2.84. The van der Waals surface area contributed by atoms with E-state index >= 15 is 0 Å². The van der Waals surface area contributed by atoms with Crippen LogP contribution in [0.15, 0.2) is 16.7 Å². The quantitative estimate of drug-likeness (QED) is 0.886. The minimum absolute atomic E-state index is 0.00855. The molecule has 3 rings (SSSR count). The number of amides is 2. The maximum absolute atomic E-state index is 12.0. The molecular formula is C15H22N2O4S. The van der Waals surface area contributed by atoms with Crippen molar-refractivity contribution >= 4 is 15.9 Å². The van der Waals surface area contributed by atoms with Gasteiger partial charge in [-0.2, -0.15) is 0 Å². The van der Waals surface area contributed by atoms with Gasteiger partial charge < -0.3 is 15.1 Å². The Morgan fingerprint density at radius 1 is 1.27 bits per heavy atom. The Labute approximate surface area is 130 Å². The van der Waals surface area contributed by atoms with E-state index in [1.165, 1.54) is 0 Å². The Hall–Kier alpha value is -1.50. The van der Waals surface area contributed by atoms with E-state index in [-0.39, 0.29) is 29.5 Å². The van der Waals surface area contributed by atoms with Gasteiger partial charge in [-0.3, -0.25) is 0 Å². The fourth-order valence-electron chi connectivity index (χ4n) is 3.23. The summed E-state index contributed by atoms with van der Waals surface area (Å²) in [6.07, 6.45) is 5.80. The van der Waals surface area contributed by atoms with Crippen molar-refractivity contribution in [2.75, 3.05) is 18.1 Å². The monoisotopic (exact) mass is 326 g/mol. The molecular weight excluding hydrogens is 304 g/mol. The minimum atomic E-state index is -2.84. The highest BCUT2D eigenvalue weighted by molar-refractivity contribution is 7.91. The van der Waals surface area contributed by atoms with Gasteiger partial charge in [-0.15, -0.1) is 0 Å². The first kappa shape index (κ1) is 15.4. The molecule has 1 saturated heterocycles. The lowest BCUT2D eigenvalue weighted by molar-refractivity contribution is 0.232. The Morgan fingerprint density at radius 2 is 2.05 bits per heavy atom. The Bertz CT molecular complexity index is 624. The number of fused-ring (bicyclic) bond motifs is 1. The highest BCUT2D eigenvalue weighted by Gasteiger charge is 2.26. The second-order valence-electron chi connectivity index (χ2n) is 6.19. The summed E-state index contributed by atoms with van der Waals surface area (Å²) in [4.78, 5) is 12.0. The van der Waals surface area contributed by atoms with Gasteiger partial charge in [-0.25, -0.2) is 13.2 Å². The van der Waals surface area contributed by atoms with Crippen LogP contribution in [0.5, 0.6) is 0 Å². The maximum Gasteiger partial charge on any atom is 0.315 e. The first-order valence-electron chi connectivity index (χ1n) is 7.84. The van der Waals surface area contributed by atoms with Crippen LogP contribution < -0.4 is 10.6 Å². The van der Waals surface area contributed by atoms with Crippen LogP contribution in [0.4, 0.5) is 4.79 Å². The second-order valence-corrected chi connectivity index (χ2v) is 8.50. The number of aryl methyl sites for hydroxylation is 1. The van der Waals surface area contributed by atoms with Crippen molar-refractivity contribution in [2.24, 2.45) is 5.92 Å². The Morgan fingerprint density at radius 3 is 2.82 bits per heavy atom. The van der Waals surface area contributed by atoms with Gasteiger partial charge in [0.1, 0.15) is 15.6 Å². The molecule has 1 atom stereocenters. The lowest BCUT2D eigenvalue weighted by atomic mass is 9.93. The van der Waals surface area contributed by atoms with Crippen molar-refractivity contribution in [3.05, 3.63) is 23.7 Å². The molecule has 2 heterocycles. The lowest BCUT2D eigenvalue weighted by Crippen LogP contribution is -2.42. The highest BCUT2D eigenvalue weighted by Crippen LogP contribution is 2.30. The SMILES string of the molecule is O=C(NCC1CCS(=O)(=O)CC1)NC1CCCc2occc21. The van der Waals surface area contributed by atoms with Gasteiger partial charge in [-0.1, -0.05) is 0 Å². The standard InChI is InChI=1S/C15H22N2O4S/c18-15(16-10-11-5-8-22(19,20)9-6-11)17-13-2-1-3-14-12(13)4-7-21-14/h4,7,11,13H,1-3,5-6,8-10H2,(H2,16,17,18). The summed E-state index contributed by atoms with van der Waals surface area (Å²) in [5.74, 6) is 1.70. The van der Waals surface area contributed by atoms with Gasteiger partial charge in [0.05, 0.1) is 23.8 Å². The van der Waals surface area contributed by atoms with E-state index in [9.17, 15) is 13.2 Å². The van der Waals surface area contributed by atoms with E-state index in [0.717, 1.165) is 30.6 Å². The zero-order chi connectivity index (χ0) is 15.6.